The quantitative estimate of drug-likeness (QED) is 0.0130. The van der Waals surface area contributed by atoms with E-state index in [1.54, 1.807) is 31.6 Å². The minimum absolute atomic E-state index is 0.0127. The third-order valence-electron chi connectivity index (χ3n) is 20.2. The molecule has 3 amide bonds. The van der Waals surface area contributed by atoms with Gasteiger partial charge in [-0.05, 0) is 108 Å². The van der Waals surface area contributed by atoms with Crippen LogP contribution in [-0.2, 0) is 80.9 Å². The zero-order valence-electron chi connectivity index (χ0n) is 66.4. The number of hydrogen-bond donors (Lipinski definition) is 12. The van der Waals surface area contributed by atoms with Crippen molar-refractivity contribution < 1.29 is 132 Å². The lowest BCUT2D eigenvalue weighted by Crippen LogP contribution is -2.55. The predicted molar refractivity (Wildman–Crippen MR) is 413 cm³/mol. The molecule has 12 N–H and O–H groups in total. The van der Waals surface area contributed by atoms with E-state index in [4.69, 9.17) is 52.1 Å². The number of ether oxygens (including phenoxy) is 11. The van der Waals surface area contributed by atoms with Gasteiger partial charge in [-0.3, -0.25) is 28.8 Å². The second-order valence-corrected chi connectivity index (χ2v) is 32.3. The number of aliphatic hydroxyl groups excluding tert-OH is 9. The van der Waals surface area contributed by atoms with Crippen molar-refractivity contribution in [2.45, 2.75) is 313 Å². The van der Waals surface area contributed by atoms with E-state index in [1.165, 1.54) is 0 Å². The Kier molecular flexibility index (Phi) is 57.5. The van der Waals surface area contributed by atoms with E-state index in [0.717, 1.165) is 101 Å². The van der Waals surface area contributed by atoms with Crippen molar-refractivity contribution in [3.8, 4) is 0 Å². The number of carbonyl (C=O) groups is 7. The molecule has 0 aliphatic carbocycles. The van der Waals surface area contributed by atoms with Gasteiger partial charge >= 0.3 is 18.0 Å². The van der Waals surface area contributed by atoms with Crippen molar-refractivity contribution in [2.24, 2.45) is 23.2 Å². The lowest BCUT2D eigenvalue weighted by atomic mass is 9.71. The molecule has 0 aromatic heterocycles. The number of esters is 2. The highest BCUT2D eigenvalue weighted by Gasteiger charge is 2.45. The Labute approximate surface area is 661 Å². The number of rotatable bonds is 68. The van der Waals surface area contributed by atoms with Crippen molar-refractivity contribution >= 4 is 63.0 Å². The molecular weight excluding hydrogens is 1470 g/mol. The van der Waals surface area contributed by atoms with E-state index in [-0.39, 0.29) is 120 Å². The summed E-state index contributed by atoms with van der Waals surface area (Å²) in [5.74, 6) is -0.364. The number of alkyl carbamates (subject to hydrolysis) is 1. The molecule has 110 heavy (non-hydrogen) atoms. The molecule has 3 heterocycles. The van der Waals surface area contributed by atoms with Gasteiger partial charge in [-0.25, -0.2) is 4.79 Å². The van der Waals surface area contributed by atoms with Gasteiger partial charge < -0.3 is 114 Å². The van der Waals surface area contributed by atoms with Gasteiger partial charge in [0.2, 0.25) is 11.8 Å². The van der Waals surface area contributed by atoms with Crippen LogP contribution < -0.4 is 16.0 Å². The molecule has 0 bridgehead atoms. The Morgan fingerprint density at radius 3 is 1.15 bits per heavy atom. The molecule has 0 saturated carbocycles. The van der Waals surface area contributed by atoms with E-state index in [1.807, 2.05) is 10.8 Å². The SMILES string of the molecule is CCCSSCCOCCOCCC(=O)CC(CCCOC(=O)CCCCCCCNC(=O)CCCOC1OC(CO)C(O)C(O)C1C)(CCCOC(=O)CCCCCCCNC(=O)CCCOC1OC(CO)C(O)C(O)C1C)CCCOC(=O)NCCCCCCCC(=O)CCCOC1OC(CO)C(O)C(O)C1C. The molecule has 0 radical (unpaired) electrons. The molecule has 32 heteroatoms. The summed E-state index contributed by atoms with van der Waals surface area (Å²) in [6, 6.07) is 0. The molecule has 15 atom stereocenters. The molecule has 3 rings (SSSR count). The van der Waals surface area contributed by atoms with Gasteiger partial charge in [0.05, 0.1) is 104 Å². The predicted octanol–water partition coefficient (Wildman–Crippen LogP) is 6.74. The Bertz CT molecular complexity index is 2210. The summed E-state index contributed by atoms with van der Waals surface area (Å²) in [7, 11) is 3.60. The average molecular weight is 1620 g/mol. The molecule has 3 aliphatic rings. The van der Waals surface area contributed by atoms with E-state index in [2.05, 4.69) is 22.9 Å². The lowest BCUT2D eigenvalue weighted by molar-refractivity contribution is -0.282. The first-order valence-corrected chi connectivity index (χ1v) is 43.5. The maximum Gasteiger partial charge on any atom is 0.407 e. The maximum atomic E-state index is 14.0. The van der Waals surface area contributed by atoms with Crippen molar-refractivity contribution in [1.82, 2.24) is 16.0 Å². The first kappa shape index (κ1) is 101. The monoisotopic (exact) mass is 1620 g/mol. The fourth-order valence-electron chi connectivity index (χ4n) is 13.4. The summed E-state index contributed by atoms with van der Waals surface area (Å²) in [5.41, 5.74) is -0.629. The van der Waals surface area contributed by atoms with E-state index < -0.39 is 123 Å². The first-order valence-electron chi connectivity index (χ1n) is 41.0. The minimum atomic E-state index is -1.22. The van der Waals surface area contributed by atoms with Crippen molar-refractivity contribution in [2.75, 3.05) is 117 Å². The molecule has 0 aromatic rings. The van der Waals surface area contributed by atoms with Gasteiger partial charge in [-0.1, -0.05) is 107 Å². The van der Waals surface area contributed by atoms with Crippen LogP contribution in [-0.4, -0.2) is 278 Å². The fourth-order valence-corrected chi connectivity index (χ4v) is 15.4. The highest BCUT2D eigenvalue weighted by molar-refractivity contribution is 8.76. The van der Waals surface area contributed by atoms with E-state index in [0.29, 0.717) is 123 Å². The summed E-state index contributed by atoms with van der Waals surface area (Å²) in [5, 5.41) is 98.1. The average Bonchev–Trinajstić information content (AvgIpc) is 0.851. The number of ketones is 2. The van der Waals surface area contributed by atoms with Gasteiger partial charge in [0.1, 0.15) is 48.2 Å². The molecule has 3 aliphatic heterocycles. The number of Topliss-reactive ketones (excluding diaryl/α,β-unsaturated/α-hetero) is 2. The van der Waals surface area contributed by atoms with Crippen LogP contribution in [0.3, 0.4) is 0 Å². The molecule has 15 unspecified atom stereocenters. The van der Waals surface area contributed by atoms with Crippen LogP contribution in [0.4, 0.5) is 4.79 Å². The van der Waals surface area contributed by atoms with Gasteiger partial charge in [0.25, 0.3) is 0 Å². The Morgan fingerprint density at radius 2 is 0.727 bits per heavy atom. The van der Waals surface area contributed by atoms with Crippen molar-refractivity contribution in [1.29, 1.82) is 0 Å². The molecule has 30 nitrogen and oxygen atoms in total. The van der Waals surface area contributed by atoms with Crippen LogP contribution in [0.5, 0.6) is 0 Å². The zero-order chi connectivity index (χ0) is 80.6. The molecule has 0 aromatic carbocycles. The molecule has 3 saturated heterocycles. The number of hydrogen-bond acceptors (Lipinski definition) is 29. The number of amides is 3. The van der Waals surface area contributed by atoms with Gasteiger partial charge in [-0.2, -0.15) is 0 Å². The standard InChI is InChI=1S/C78H141N3O27S2/c1-5-50-109-110-51-49-99-48-47-98-46-33-60(86)52-78(34-24-43-100-66(89)31-16-10-7-12-18-37-79-64(87)29-22-41-103-75-57(3)69(92)72(95)62(54-83)107-75,35-25-44-101-67(90)32-17-11-8-13-19-38-80-65(88)30-23-42-104-76-58(4)70(93)73(96)63(55-84)108-76)36-26-45-105-77(97)81-39-20-14-6-9-15-27-59(85)28-21-40-102-74-56(2)68(91)71(94)61(53-82)106-74/h56-58,61-63,68-76,82-84,91-96H,5-55H2,1-4H3,(H,79,87)(H,80,88)(H,81,97). The molecule has 642 valence electrons. The third-order valence-corrected chi connectivity index (χ3v) is 22.8. The molecular formula is C78H141N3O27S2. The summed E-state index contributed by atoms with van der Waals surface area (Å²) in [6.45, 7) is 9.78. The summed E-state index contributed by atoms with van der Waals surface area (Å²) >= 11 is 0. The van der Waals surface area contributed by atoms with Gasteiger partial charge in [0.15, 0.2) is 18.9 Å². The summed E-state index contributed by atoms with van der Waals surface area (Å²) in [4.78, 5) is 90.6. The Balaban J connectivity index is 1.47. The maximum absolute atomic E-state index is 14.0. The van der Waals surface area contributed by atoms with Crippen LogP contribution >= 0.6 is 21.6 Å². The number of carbonyl (C=O) groups excluding carboxylic acids is 7. The van der Waals surface area contributed by atoms with Crippen LogP contribution in [0.2, 0.25) is 0 Å². The zero-order valence-corrected chi connectivity index (χ0v) is 68.0. The fraction of sp³-hybridized carbons (Fsp3) is 0.910. The highest BCUT2D eigenvalue weighted by atomic mass is 33.1. The smallest absolute Gasteiger partial charge is 0.407 e. The first-order chi connectivity index (χ1) is 53.1. The van der Waals surface area contributed by atoms with Crippen LogP contribution in [0, 0.1) is 23.2 Å². The van der Waals surface area contributed by atoms with Crippen molar-refractivity contribution in [3.05, 3.63) is 0 Å². The topological polar surface area (TPSA) is 439 Å². The molecule has 0 spiro atoms. The Hall–Kier alpha value is -3.49. The van der Waals surface area contributed by atoms with Crippen LogP contribution in [0.1, 0.15) is 240 Å². The van der Waals surface area contributed by atoms with E-state index >= 15 is 0 Å². The van der Waals surface area contributed by atoms with E-state index in [9.17, 15) is 79.5 Å². The number of aliphatic hydroxyl groups is 9. The second kappa shape index (κ2) is 62.8. The van der Waals surface area contributed by atoms with Crippen LogP contribution in [0.25, 0.3) is 0 Å². The summed E-state index contributed by atoms with van der Waals surface area (Å²) in [6.07, 6.45) is 6.40. The second-order valence-electron chi connectivity index (χ2n) is 29.6. The Morgan fingerprint density at radius 1 is 0.364 bits per heavy atom. The third kappa shape index (κ3) is 44.6. The minimum Gasteiger partial charge on any atom is -0.466 e. The largest absolute Gasteiger partial charge is 0.466 e. The van der Waals surface area contributed by atoms with Crippen molar-refractivity contribution in [3.63, 3.8) is 0 Å². The number of unbranched alkanes of at least 4 members (excludes halogenated alkanes) is 12. The summed E-state index contributed by atoms with van der Waals surface area (Å²) < 4.78 is 62.6. The lowest BCUT2D eigenvalue weighted by Gasteiger charge is -2.40. The van der Waals surface area contributed by atoms with Crippen LogP contribution in [0.15, 0.2) is 0 Å². The van der Waals surface area contributed by atoms with Gasteiger partial charge in [0, 0.05) is 100 Å². The molecule has 3 fully saturated rings. The normalized spacial score (nSPS) is 24.6. The number of nitrogens with one attached hydrogen (secondary N) is 3. The highest BCUT2D eigenvalue weighted by Crippen LogP contribution is 2.40. The van der Waals surface area contributed by atoms with Gasteiger partial charge in [-0.15, -0.1) is 0 Å².